The Kier molecular flexibility index (Phi) is 36.8. The van der Waals surface area contributed by atoms with Crippen molar-refractivity contribution in [2.75, 3.05) is 21.3 Å². The first kappa shape index (κ1) is 96.0. The van der Waals surface area contributed by atoms with Crippen molar-refractivity contribution in [1.29, 1.82) is 0 Å². The number of benzene rings is 12. The van der Waals surface area contributed by atoms with Gasteiger partial charge in [0.2, 0.25) is 0 Å². The Morgan fingerprint density at radius 1 is 0.238 bits per heavy atom. The molecule has 0 bridgehead atoms. The lowest BCUT2D eigenvalue weighted by Gasteiger charge is -2.06. The van der Waals surface area contributed by atoms with Gasteiger partial charge in [0.15, 0.2) is 34.7 Å². The average molecular weight is 1690 g/mol. The third kappa shape index (κ3) is 30.6. The van der Waals surface area contributed by atoms with E-state index in [0.29, 0.717) is 78.4 Å². The molecule has 0 heterocycles. The Labute approximate surface area is 724 Å². The highest BCUT2D eigenvalue weighted by Crippen LogP contribution is 2.28. The second-order valence-corrected chi connectivity index (χ2v) is 27.4. The van der Waals surface area contributed by atoms with Crippen LogP contribution in [0.5, 0.6) is 17.2 Å². The normalized spacial score (nSPS) is 10.6. The third-order valence-corrected chi connectivity index (χ3v) is 18.0. The zero-order valence-electron chi connectivity index (χ0n) is 69.7. The number of ketones is 6. The van der Waals surface area contributed by atoms with E-state index in [0.717, 1.165) is 38.9 Å². The summed E-state index contributed by atoms with van der Waals surface area (Å²) in [5, 5.41) is 64.3. The molecule has 27 nitrogen and oxygen atoms in total. The van der Waals surface area contributed by atoms with Crippen molar-refractivity contribution in [1.82, 2.24) is 0 Å². The Morgan fingerprint density at radius 2 is 0.492 bits per heavy atom. The SMILES string of the molecule is COc1cc(C)ccc1C(=O)/C=C/c1ccc([N+](=O)[O-])cc1.COc1cc(C)ccc1C(=O)/C=C/c1cccc([N+](=O)[O-])c1.COc1cc(C)ccc1C(=O)/C=C/c1ccccc1[N+](=O)[O-].Cc1ccc(C(=O)/C=C/c2ccc([N+](=O)[O-])cc2)cc1.Cc1ccc(C(=O)/C=C/c2cccc([N+](=O)[O-])c2)cc1.Cc1ccc(C(=O)/C=C/c2ccccc2[N+](=O)[O-])cc1. The van der Waals surface area contributed by atoms with Crippen LogP contribution in [-0.2, 0) is 0 Å². The van der Waals surface area contributed by atoms with Crippen LogP contribution in [0.15, 0.2) is 309 Å². The van der Waals surface area contributed by atoms with E-state index in [1.54, 1.807) is 182 Å². The molecule has 126 heavy (non-hydrogen) atoms. The highest BCUT2D eigenvalue weighted by molar-refractivity contribution is 6.11. The van der Waals surface area contributed by atoms with Crippen LogP contribution < -0.4 is 14.2 Å². The molecule has 636 valence electrons. The molecule has 0 N–H and O–H groups in total. The van der Waals surface area contributed by atoms with Crippen LogP contribution in [0.2, 0.25) is 0 Å². The first-order valence-corrected chi connectivity index (χ1v) is 38.2. The van der Waals surface area contributed by atoms with E-state index in [1.165, 1.54) is 131 Å². The summed E-state index contributed by atoms with van der Waals surface area (Å²) in [7, 11) is 4.53. The van der Waals surface area contributed by atoms with Crippen LogP contribution in [0.4, 0.5) is 34.1 Å². The maximum Gasteiger partial charge on any atom is 0.276 e. The first-order chi connectivity index (χ1) is 60.2. The summed E-state index contributed by atoms with van der Waals surface area (Å²) in [6, 6.07) is 74.5. The molecule has 0 radical (unpaired) electrons. The Bertz CT molecular complexity index is 6170. The number of non-ortho nitro benzene ring substituents is 4. The highest BCUT2D eigenvalue weighted by atomic mass is 16.6. The quantitative estimate of drug-likeness (QED) is 0.0200. The number of allylic oxidation sites excluding steroid dienone is 6. The summed E-state index contributed by atoms with van der Waals surface area (Å²) in [5.74, 6) is 0.445. The maximum absolute atomic E-state index is 12.3. The van der Waals surface area contributed by atoms with E-state index < -0.39 is 29.5 Å². The van der Waals surface area contributed by atoms with E-state index >= 15 is 0 Å². The molecule has 27 heteroatoms. The van der Waals surface area contributed by atoms with E-state index in [1.807, 2.05) is 96.1 Å². The van der Waals surface area contributed by atoms with Crippen LogP contribution >= 0.6 is 0 Å². The number of rotatable bonds is 27. The topological polar surface area (TPSA) is 389 Å². The smallest absolute Gasteiger partial charge is 0.276 e. The summed E-state index contributed by atoms with van der Waals surface area (Å²) in [5.41, 5.74) is 12.8. The zero-order chi connectivity index (χ0) is 91.9. The van der Waals surface area contributed by atoms with E-state index in [2.05, 4.69) is 0 Å². The molecule has 0 aliphatic rings. The van der Waals surface area contributed by atoms with Crippen LogP contribution in [0.1, 0.15) is 129 Å². The number of ether oxygens (including phenoxy) is 3. The predicted molar refractivity (Wildman–Crippen MR) is 485 cm³/mol. The summed E-state index contributed by atoms with van der Waals surface area (Å²) in [6.45, 7) is 11.6. The molecule has 0 amide bonds. The molecule has 0 aromatic heterocycles. The van der Waals surface area contributed by atoms with Crippen molar-refractivity contribution in [3.63, 3.8) is 0 Å². The van der Waals surface area contributed by atoms with Crippen molar-refractivity contribution < 1.29 is 72.5 Å². The van der Waals surface area contributed by atoms with E-state index in [4.69, 9.17) is 14.2 Å². The number of para-hydroxylation sites is 2. The molecular formula is C99H84N6O21. The van der Waals surface area contributed by atoms with Gasteiger partial charge in [-0.15, -0.1) is 0 Å². The first-order valence-electron chi connectivity index (χ1n) is 38.2. The lowest BCUT2D eigenvalue weighted by atomic mass is 10.1. The highest BCUT2D eigenvalue weighted by Gasteiger charge is 2.17. The fraction of sp³-hybridized carbons (Fsp3) is 0.0909. The molecular weight excluding hydrogens is 1610 g/mol. The summed E-state index contributed by atoms with van der Waals surface area (Å²) < 4.78 is 15.6. The Balaban J connectivity index is 0.000000208. The number of carbonyl (C=O) groups excluding carboxylic acids is 6. The Morgan fingerprint density at radius 3 is 0.770 bits per heavy atom. The van der Waals surface area contributed by atoms with Crippen molar-refractivity contribution in [3.8, 4) is 17.2 Å². The number of nitrogens with zero attached hydrogens (tertiary/aromatic N) is 6. The molecule has 0 atom stereocenters. The number of nitro benzene ring substituents is 6. The lowest BCUT2D eigenvalue weighted by molar-refractivity contribution is -0.385. The minimum Gasteiger partial charge on any atom is -0.496 e. The standard InChI is InChI=1S/3C17H15NO4.3C16H13NO3/c1-12-3-9-15(17(11-12)22-2)16(19)10-6-13-4-7-14(8-5-13)18(20)21;1-12-6-8-15(17(10-12)22-2)16(19)9-7-13-4-3-5-14(11-13)18(20)21;1-12-7-9-14(17(11-12)22-2)16(19)10-8-13-5-3-4-6-15(13)18(20)21;1-12-2-7-14(8-3-12)16(18)11-6-13-4-9-15(10-5-13)17(19)20;1-12-5-8-14(9-6-12)16(18)10-7-13-3-2-4-15(11-13)17(19)20;1-12-6-8-14(9-7-12)16(18)11-10-13-4-2-3-5-15(13)17(19)20/h3*3-11H,1-2H3;3*2-11H,1H3/b10-6+;9-7+;10-8+;11-6+;10-7+;11-10+. The molecule has 0 spiro atoms. The zero-order valence-corrected chi connectivity index (χ0v) is 69.7. The largest absolute Gasteiger partial charge is 0.496 e. The van der Waals surface area contributed by atoms with Gasteiger partial charge in [-0.05, 0) is 202 Å². The van der Waals surface area contributed by atoms with E-state index in [-0.39, 0.29) is 68.8 Å². The van der Waals surface area contributed by atoms with Gasteiger partial charge >= 0.3 is 0 Å². The number of hydrogen-bond acceptors (Lipinski definition) is 21. The molecule has 12 aromatic carbocycles. The van der Waals surface area contributed by atoms with Crippen LogP contribution in [0.3, 0.4) is 0 Å². The average Bonchev–Trinajstić information content (AvgIpc) is 0.844. The van der Waals surface area contributed by atoms with Gasteiger partial charge in [-0.2, -0.15) is 0 Å². The number of hydrogen-bond donors (Lipinski definition) is 0. The maximum atomic E-state index is 12.3. The molecule has 12 aromatic rings. The third-order valence-electron chi connectivity index (χ3n) is 18.0. The second kappa shape index (κ2) is 48.2. The molecule has 0 saturated heterocycles. The minimum absolute atomic E-state index is 0.00920. The summed E-state index contributed by atoms with van der Waals surface area (Å²) in [4.78, 5) is 134. The van der Waals surface area contributed by atoms with Crippen LogP contribution in [0.25, 0.3) is 36.5 Å². The van der Waals surface area contributed by atoms with E-state index in [9.17, 15) is 89.5 Å². The van der Waals surface area contributed by atoms with Gasteiger partial charge in [-0.3, -0.25) is 89.5 Å². The monoisotopic (exact) mass is 1690 g/mol. The van der Waals surface area contributed by atoms with Crippen molar-refractivity contribution in [2.24, 2.45) is 0 Å². The van der Waals surface area contributed by atoms with Gasteiger partial charge in [0, 0.05) is 77.4 Å². The number of aryl methyl sites for hydroxylation is 6. The van der Waals surface area contributed by atoms with Gasteiger partial charge in [0.05, 0.1) is 78.7 Å². The summed E-state index contributed by atoms with van der Waals surface area (Å²) >= 11 is 0. The van der Waals surface area contributed by atoms with Crippen molar-refractivity contribution in [2.45, 2.75) is 41.5 Å². The van der Waals surface area contributed by atoms with Crippen molar-refractivity contribution in [3.05, 3.63) is 470 Å². The number of methoxy groups -OCH3 is 3. The number of carbonyl (C=O) groups is 6. The van der Waals surface area contributed by atoms with Gasteiger partial charge in [-0.1, -0.05) is 181 Å². The fourth-order valence-electron chi connectivity index (χ4n) is 11.2. The number of nitro groups is 6. The van der Waals surface area contributed by atoms with Gasteiger partial charge in [-0.25, -0.2) is 0 Å². The van der Waals surface area contributed by atoms with Gasteiger partial charge in [0.1, 0.15) is 17.2 Å². The molecule has 0 unspecified atom stereocenters. The fourth-order valence-corrected chi connectivity index (χ4v) is 11.2. The molecule has 0 fully saturated rings. The van der Waals surface area contributed by atoms with Crippen LogP contribution in [0, 0.1) is 102 Å². The van der Waals surface area contributed by atoms with Gasteiger partial charge in [0.25, 0.3) is 34.1 Å². The molecule has 0 saturated carbocycles. The predicted octanol–water partition coefficient (Wildman–Crippen LogP) is 22.8. The second-order valence-electron chi connectivity index (χ2n) is 27.4. The van der Waals surface area contributed by atoms with Gasteiger partial charge < -0.3 is 14.2 Å². The lowest BCUT2D eigenvalue weighted by Crippen LogP contribution is -1.99. The molecule has 0 aliphatic carbocycles. The minimum atomic E-state index is -0.476. The molecule has 0 aliphatic heterocycles. The molecule has 12 rings (SSSR count). The van der Waals surface area contributed by atoms with Crippen molar-refractivity contribution >= 4 is 105 Å². The Hall–Kier alpha value is -17.1. The van der Waals surface area contributed by atoms with Crippen LogP contribution in [-0.4, -0.2) is 85.6 Å². The summed E-state index contributed by atoms with van der Waals surface area (Å²) in [6.07, 6.45) is 17.7.